The summed E-state index contributed by atoms with van der Waals surface area (Å²) in [5, 5.41) is 0. The zero-order valence-corrected chi connectivity index (χ0v) is 10.9. The third-order valence-corrected chi connectivity index (χ3v) is 3.74. The monoisotopic (exact) mass is 268 g/mol. The first kappa shape index (κ1) is 13.9. The fourth-order valence-corrected chi connectivity index (χ4v) is 2.33. The van der Waals surface area contributed by atoms with Gasteiger partial charge in [0.15, 0.2) is 0 Å². The van der Waals surface area contributed by atoms with Gasteiger partial charge in [-0.1, -0.05) is 37.3 Å². The van der Waals surface area contributed by atoms with Gasteiger partial charge in [-0.15, -0.1) is 0 Å². The first-order valence-electron chi connectivity index (χ1n) is 6.32. The van der Waals surface area contributed by atoms with Crippen molar-refractivity contribution in [1.29, 1.82) is 0 Å². The van der Waals surface area contributed by atoms with Gasteiger partial charge >= 0.3 is 5.92 Å². The van der Waals surface area contributed by atoms with Gasteiger partial charge in [0, 0.05) is 18.7 Å². The van der Waals surface area contributed by atoms with E-state index < -0.39 is 11.8 Å². The summed E-state index contributed by atoms with van der Waals surface area (Å²) in [4.78, 5) is 13.2. The number of amides is 1. The number of benzene rings is 1. The zero-order valence-electron chi connectivity index (χ0n) is 10.9. The van der Waals surface area contributed by atoms with E-state index in [2.05, 4.69) is 0 Å². The maximum atomic E-state index is 14.1. The van der Waals surface area contributed by atoms with E-state index in [-0.39, 0.29) is 11.0 Å². The van der Waals surface area contributed by atoms with E-state index in [0.29, 0.717) is 26.1 Å². The van der Waals surface area contributed by atoms with Crippen molar-refractivity contribution in [3.8, 4) is 0 Å². The Morgan fingerprint density at radius 2 is 2.05 bits per heavy atom. The molecule has 1 aliphatic heterocycles. The summed E-state index contributed by atoms with van der Waals surface area (Å²) >= 11 is 0. The summed E-state index contributed by atoms with van der Waals surface area (Å²) in [6.45, 7) is 2.95. The van der Waals surface area contributed by atoms with Crippen molar-refractivity contribution >= 4 is 5.91 Å². The number of likely N-dealkylation sites (tertiary alicyclic amines) is 1. The Hall–Kier alpha value is -1.49. The SMILES string of the molecule is CC1(CN)CCN(C(=O)C(F)(F)c2ccccc2)C1. The van der Waals surface area contributed by atoms with Crippen molar-refractivity contribution in [1.82, 2.24) is 4.90 Å². The van der Waals surface area contributed by atoms with Crippen LogP contribution in [-0.2, 0) is 10.7 Å². The molecule has 1 aromatic rings. The first-order chi connectivity index (χ1) is 8.89. The van der Waals surface area contributed by atoms with Crippen LogP contribution in [-0.4, -0.2) is 30.4 Å². The largest absolute Gasteiger partial charge is 0.349 e. The molecular formula is C14H18F2N2O. The molecule has 1 unspecified atom stereocenters. The van der Waals surface area contributed by atoms with Crippen molar-refractivity contribution < 1.29 is 13.6 Å². The quantitative estimate of drug-likeness (QED) is 0.911. The molecule has 2 N–H and O–H groups in total. The molecule has 1 atom stereocenters. The van der Waals surface area contributed by atoms with Crippen LogP contribution in [0.1, 0.15) is 18.9 Å². The van der Waals surface area contributed by atoms with E-state index >= 15 is 0 Å². The minimum Gasteiger partial charge on any atom is -0.337 e. The molecule has 104 valence electrons. The second-order valence-electron chi connectivity index (χ2n) is 5.43. The van der Waals surface area contributed by atoms with Crippen LogP contribution >= 0.6 is 0 Å². The lowest BCUT2D eigenvalue weighted by Crippen LogP contribution is -2.42. The van der Waals surface area contributed by atoms with Crippen LogP contribution < -0.4 is 5.73 Å². The number of rotatable bonds is 3. The highest BCUT2D eigenvalue weighted by molar-refractivity contribution is 5.85. The van der Waals surface area contributed by atoms with E-state index in [9.17, 15) is 13.6 Å². The Labute approximate surface area is 111 Å². The second-order valence-corrected chi connectivity index (χ2v) is 5.43. The Morgan fingerprint density at radius 1 is 1.42 bits per heavy atom. The maximum absolute atomic E-state index is 14.1. The predicted octanol–water partition coefficient (Wildman–Crippen LogP) is 1.98. The number of alkyl halides is 2. The number of halogens is 2. The second kappa shape index (κ2) is 4.89. The van der Waals surface area contributed by atoms with E-state index in [1.54, 1.807) is 6.07 Å². The molecule has 2 rings (SSSR count). The van der Waals surface area contributed by atoms with Crippen molar-refractivity contribution in [3.05, 3.63) is 35.9 Å². The van der Waals surface area contributed by atoms with E-state index in [4.69, 9.17) is 5.73 Å². The van der Waals surface area contributed by atoms with Gasteiger partial charge in [0.2, 0.25) is 0 Å². The van der Waals surface area contributed by atoms with Gasteiger partial charge in [-0.3, -0.25) is 4.79 Å². The molecule has 0 radical (unpaired) electrons. The Bertz CT molecular complexity index is 464. The fourth-order valence-electron chi connectivity index (χ4n) is 2.33. The molecular weight excluding hydrogens is 250 g/mol. The minimum atomic E-state index is -3.47. The standard InChI is InChI=1S/C14H18F2N2O/c1-13(9-17)7-8-18(10-13)12(19)14(15,16)11-5-3-2-4-6-11/h2-6H,7-10,17H2,1H3. The molecule has 1 aromatic carbocycles. The number of carbonyl (C=O) groups is 1. The average molecular weight is 268 g/mol. The number of nitrogens with two attached hydrogens (primary N) is 1. The molecule has 19 heavy (non-hydrogen) atoms. The van der Waals surface area contributed by atoms with Crippen molar-refractivity contribution in [2.24, 2.45) is 11.1 Å². The summed E-state index contributed by atoms with van der Waals surface area (Å²) in [5.41, 5.74) is 5.11. The van der Waals surface area contributed by atoms with Crippen LogP contribution in [0.5, 0.6) is 0 Å². The zero-order chi connectivity index (χ0) is 14.1. The molecule has 0 aliphatic carbocycles. The van der Waals surface area contributed by atoms with Crippen LogP contribution in [0, 0.1) is 5.41 Å². The lowest BCUT2D eigenvalue weighted by atomic mass is 9.90. The van der Waals surface area contributed by atoms with Crippen molar-refractivity contribution in [2.45, 2.75) is 19.3 Å². The van der Waals surface area contributed by atoms with E-state index in [1.807, 2.05) is 6.92 Å². The van der Waals surface area contributed by atoms with Gasteiger partial charge in [0.25, 0.3) is 5.91 Å². The van der Waals surface area contributed by atoms with Gasteiger partial charge in [-0.05, 0) is 18.4 Å². The third kappa shape index (κ3) is 2.61. The lowest BCUT2D eigenvalue weighted by Gasteiger charge is -2.26. The molecule has 5 heteroatoms. The average Bonchev–Trinajstić information content (AvgIpc) is 2.82. The summed E-state index contributed by atoms with van der Waals surface area (Å²) in [6, 6.07) is 7.20. The van der Waals surface area contributed by atoms with Gasteiger partial charge in [0.05, 0.1) is 0 Å². The van der Waals surface area contributed by atoms with Crippen LogP contribution in [0.2, 0.25) is 0 Å². The third-order valence-electron chi connectivity index (χ3n) is 3.74. The highest BCUT2D eigenvalue weighted by Gasteiger charge is 2.47. The molecule has 0 bridgehead atoms. The molecule has 0 spiro atoms. The molecule has 1 amide bonds. The van der Waals surface area contributed by atoms with Crippen molar-refractivity contribution in [2.75, 3.05) is 19.6 Å². The summed E-state index contributed by atoms with van der Waals surface area (Å²) in [6.07, 6.45) is 0.667. The summed E-state index contributed by atoms with van der Waals surface area (Å²) in [7, 11) is 0. The minimum absolute atomic E-state index is 0.248. The normalized spacial score (nSPS) is 23.7. The first-order valence-corrected chi connectivity index (χ1v) is 6.32. The molecule has 0 saturated carbocycles. The molecule has 1 saturated heterocycles. The van der Waals surface area contributed by atoms with Gasteiger partial charge in [-0.25, -0.2) is 0 Å². The van der Waals surface area contributed by atoms with Crippen molar-refractivity contribution in [3.63, 3.8) is 0 Å². The highest BCUT2D eigenvalue weighted by atomic mass is 19.3. The lowest BCUT2D eigenvalue weighted by molar-refractivity contribution is -0.158. The summed E-state index contributed by atoms with van der Waals surface area (Å²) < 4.78 is 28.3. The molecule has 1 heterocycles. The van der Waals surface area contributed by atoms with Crippen LogP contribution in [0.3, 0.4) is 0 Å². The number of nitrogens with zero attached hydrogens (tertiary/aromatic N) is 1. The molecule has 3 nitrogen and oxygen atoms in total. The Balaban J connectivity index is 2.16. The number of carbonyl (C=O) groups excluding carboxylic acids is 1. The van der Waals surface area contributed by atoms with E-state index in [0.717, 1.165) is 0 Å². The topological polar surface area (TPSA) is 46.3 Å². The van der Waals surface area contributed by atoms with Crippen LogP contribution in [0.4, 0.5) is 8.78 Å². The maximum Gasteiger partial charge on any atom is 0.349 e. The predicted molar refractivity (Wildman–Crippen MR) is 68.7 cm³/mol. The van der Waals surface area contributed by atoms with Crippen LogP contribution in [0.15, 0.2) is 30.3 Å². The van der Waals surface area contributed by atoms with Crippen LogP contribution in [0.25, 0.3) is 0 Å². The number of hydrogen-bond donors (Lipinski definition) is 1. The highest BCUT2D eigenvalue weighted by Crippen LogP contribution is 2.35. The molecule has 0 aromatic heterocycles. The van der Waals surface area contributed by atoms with E-state index in [1.165, 1.54) is 29.2 Å². The smallest absolute Gasteiger partial charge is 0.337 e. The van der Waals surface area contributed by atoms with Gasteiger partial charge in [0.1, 0.15) is 0 Å². The summed E-state index contributed by atoms with van der Waals surface area (Å²) in [5.74, 6) is -4.60. The Morgan fingerprint density at radius 3 is 2.58 bits per heavy atom. The van der Waals surface area contributed by atoms with Gasteiger partial charge < -0.3 is 10.6 Å². The fraction of sp³-hybridized carbons (Fsp3) is 0.500. The molecule has 1 aliphatic rings. The van der Waals surface area contributed by atoms with Gasteiger partial charge in [-0.2, -0.15) is 8.78 Å². The Kier molecular flexibility index (Phi) is 3.58. The molecule has 1 fully saturated rings. The number of hydrogen-bond acceptors (Lipinski definition) is 2.